The van der Waals surface area contributed by atoms with Crippen LogP contribution in [0.3, 0.4) is 0 Å². The Morgan fingerprint density at radius 1 is 1.55 bits per heavy atom. The van der Waals surface area contributed by atoms with Crippen LogP contribution in [-0.2, 0) is 16.1 Å². The van der Waals surface area contributed by atoms with Crippen LogP contribution >= 0.6 is 9.21 Å². The number of aromatic nitrogens is 3. The van der Waals surface area contributed by atoms with Gasteiger partial charge in [-0.3, -0.25) is 9.48 Å². The Balaban J connectivity index is 0.00000121. The van der Waals surface area contributed by atoms with E-state index < -0.39 is 26.0 Å². The van der Waals surface area contributed by atoms with Crippen molar-refractivity contribution in [2.45, 2.75) is 36.1 Å². The maximum atomic E-state index is 11.8. The summed E-state index contributed by atoms with van der Waals surface area (Å²) in [5.74, 6) is 7.28. The topological polar surface area (TPSA) is 151 Å². The highest BCUT2D eigenvalue weighted by atomic mass is 32.2. The van der Waals surface area contributed by atoms with Crippen LogP contribution in [0, 0.1) is 0 Å². The summed E-state index contributed by atoms with van der Waals surface area (Å²) in [7, 11) is -1.80. The molecular weight excluding hydrogens is 312 g/mol. The molecule has 2 fully saturated rings. The third-order valence-electron chi connectivity index (χ3n) is 4.44. The van der Waals surface area contributed by atoms with E-state index in [4.69, 9.17) is 0 Å². The first-order chi connectivity index (χ1) is 9.29. The number of hydrogen-bond donors (Lipinski definition) is 1. The second-order valence-electron chi connectivity index (χ2n) is 5.56. The average Bonchev–Trinajstić information content (AvgIpc) is 2.87. The molecule has 1 amide bonds. The normalized spacial score (nSPS) is 31.5. The number of amides is 1. The highest BCUT2D eigenvalue weighted by molar-refractivity contribution is 8.29. The van der Waals surface area contributed by atoms with Gasteiger partial charge in [-0.2, -0.15) is 9.21 Å². The van der Waals surface area contributed by atoms with E-state index in [1.54, 1.807) is 10.9 Å². The van der Waals surface area contributed by atoms with Gasteiger partial charge >= 0.3 is 5.97 Å². The molecule has 2 aliphatic heterocycles. The van der Waals surface area contributed by atoms with Crippen LogP contribution in [0.15, 0.2) is 12.4 Å². The molecule has 0 spiro atoms. The molecule has 3 atom stereocenters. The van der Waals surface area contributed by atoms with Crippen molar-refractivity contribution in [3.63, 3.8) is 0 Å². The first-order valence-corrected chi connectivity index (χ1v) is 8.18. The Hall–Kier alpha value is -1.91. The molecule has 2 aliphatic rings. The molecule has 0 radical (unpaired) electrons. The summed E-state index contributed by atoms with van der Waals surface area (Å²) in [4.78, 5) is 24.9. The molecule has 0 aromatic carbocycles. The minimum Gasteiger partial charge on any atom is -0.480 e. The smallest absolute Gasteiger partial charge is 0.327 e. The fourth-order valence-corrected chi connectivity index (χ4v) is 5.96. The summed E-state index contributed by atoms with van der Waals surface area (Å²) in [5, 5.41) is 17.1. The minimum atomic E-state index is -1.80. The zero-order chi connectivity index (χ0) is 14.7. The Bertz CT molecular complexity index is 686. The summed E-state index contributed by atoms with van der Waals surface area (Å²) in [6.07, 6.45) is 3.56. The van der Waals surface area contributed by atoms with E-state index in [0.29, 0.717) is 13.0 Å². The van der Waals surface area contributed by atoms with Gasteiger partial charge in [0.15, 0.2) is 0 Å². The van der Waals surface area contributed by atoms with Gasteiger partial charge in [0.2, 0.25) is 5.91 Å². The molecule has 2 saturated heterocycles. The number of rotatable bonds is 3. The molecule has 1 aromatic rings. The van der Waals surface area contributed by atoms with E-state index in [1.165, 1.54) is 11.1 Å². The molecule has 0 saturated carbocycles. The van der Waals surface area contributed by atoms with Crippen LogP contribution in [0.25, 0.3) is 0 Å². The number of fused-ring (bicyclic) bond motifs is 1. The molecule has 5 N–H and O–H groups in total. The van der Waals surface area contributed by atoms with Crippen molar-refractivity contribution in [3.8, 4) is 0 Å². The lowest BCUT2D eigenvalue weighted by Crippen LogP contribution is -2.58. The van der Waals surface area contributed by atoms with Gasteiger partial charge in [-0.1, -0.05) is 17.0 Å². The van der Waals surface area contributed by atoms with E-state index >= 15 is 0 Å². The molecule has 0 aliphatic carbocycles. The number of nitrogens with zero attached hydrogens (tertiary/aromatic N) is 4. The Kier molecular flexibility index (Phi) is 4.43. The van der Waals surface area contributed by atoms with Crippen LogP contribution in [0.1, 0.15) is 13.3 Å². The van der Waals surface area contributed by atoms with Crippen LogP contribution in [0.5, 0.6) is 0 Å². The lowest BCUT2D eigenvalue weighted by atomic mass is 9.96. The van der Waals surface area contributed by atoms with Crippen molar-refractivity contribution < 1.29 is 25.6 Å². The van der Waals surface area contributed by atoms with Gasteiger partial charge in [0.25, 0.3) is 0 Å². The molecule has 3 heterocycles. The van der Waals surface area contributed by atoms with Crippen molar-refractivity contribution in [2.24, 2.45) is 0 Å². The Labute approximate surface area is 127 Å². The Morgan fingerprint density at radius 2 is 2.18 bits per heavy atom. The summed E-state index contributed by atoms with van der Waals surface area (Å²) < 4.78 is 0.855. The number of carboxylic acids is 1. The summed E-state index contributed by atoms with van der Waals surface area (Å²) in [6, 6.07) is -0.900. The van der Waals surface area contributed by atoms with Crippen LogP contribution in [0.4, 0.5) is 0 Å². The monoisotopic (exact) mass is 332 g/mol. The van der Waals surface area contributed by atoms with Gasteiger partial charge < -0.3 is 21.0 Å². The van der Waals surface area contributed by atoms with Gasteiger partial charge in [0.1, 0.15) is 6.04 Å². The highest BCUT2D eigenvalue weighted by Crippen LogP contribution is 2.59. The molecule has 3 rings (SSSR count). The standard InChI is InChI=1S/C12H16N4O3S.2H2O/c1-12(7-15-5-4-13-14-15)10(11(18)19)16-8(17)6-9(16)20(12,2)3;;/h4-5,9-10H,2-3,6-7H2,1H3,(H,18,19);2*1H2/t9?,10-,12-;;/m0../s1. The maximum absolute atomic E-state index is 11.8. The zero-order valence-electron chi connectivity index (χ0n) is 12.1. The predicted molar refractivity (Wildman–Crippen MR) is 84.2 cm³/mol. The molecule has 124 valence electrons. The summed E-state index contributed by atoms with van der Waals surface area (Å²) in [6.45, 7) is 2.18. The van der Waals surface area contributed by atoms with E-state index in [1.807, 2.05) is 6.92 Å². The first-order valence-electron chi connectivity index (χ1n) is 6.15. The number of aliphatic carboxylic acids is 1. The molecule has 1 aromatic heterocycles. The quantitative estimate of drug-likeness (QED) is 0.505. The van der Waals surface area contributed by atoms with Crippen molar-refractivity contribution in [2.75, 3.05) is 0 Å². The van der Waals surface area contributed by atoms with E-state index in [9.17, 15) is 14.7 Å². The largest absolute Gasteiger partial charge is 0.480 e. The SMILES string of the molecule is C=S1(=C)C2CC(=O)N2[C@@H](C(=O)O)[C@]1(C)Cn1ccnn1.O.O. The average molecular weight is 332 g/mol. The van der Waals surface area contributed by atoms with Crippen molar-refractivity contribution >= 4 is 32.8 Å². The molecule has 0 bridgehead atoms. The predicted octanol–water partition coefficient (Wildman–Crippen LogP) is -1.92. The number of β-lactam (4-membered cyclic amide) rings is 1. The van der Waals surface area contributed by atoms with Crippen molar-refractivity contribution in [1.82, 2.24) is 19.9 Å². The number of carbonyl (C=O) groups excluding carboxylic acids is 1. The maximum Gasteiger partial charge on any atom is 0.327 e. The Morgan fingerprint density at radius 3 is 2.64 bits per heavy atom. The van der Waals surface area contributed by atoms with Crippen molar-refractivity contribution in [3.05, 3.63) is 12.4 Å². The van der Waals surface area contributed by atoms with Crippen LogP contribution in [0.2, 0.25) is 0 Å². The molecule has 22 heavy (non-hydrogen) atoms. The number of hydrogen-bond acceptors (Lipinski definition) is 4. The molecule has 9 nitrogen and oxygen atoms in total. The third-order valence-corrected chi connectivity index (χ3v) is 8.08. The summed E-state index contributed by atoms with van der Waals surface area (Å²) >= 11 is 0. The molecular formula is C12H20N4O5S. The van der Waals surface area contributed by atoms with Gasteiger partial charge in [-0.25, -0.2) is 4.79 Å². The second-order valence-corrected chi connectivity index (χ2v) is 8.92. The van der Waals surface area contributed by atoms with Gasteiger partial charge in [-0.05, 0) is 6.92 Å². The van der Waals surface area contributed by atoms with Gasteiger partial charge in [0, 0.05) is 6.20 Å². The van der Waals surface area contributed by atoms with E-state index in [0.717, 1.165) is 0 Å². The van der Waals surface area contributed by atoms with E-state index in [2.05, 4.69) is 22.1 Å². The van der Waals surface area contributed by atoms with Gasteiger partial charge in [-0.15, -0.1) is 5.10 Å². The minimum absolute atomic E-state index is 0. The van der Waals surface area contributed by atoms with Crippen LogP contribution < -0.4 is 0 Å². The van der Waals surface area contributed by atoms with E-state index in [-0.39, 0.29) is 22.2 Å². The lowest BCUT2D eigenvalue weighted by molar-refractivity contribution is -0.157. The van der Waals surface area contributed by atoms with Crippen molar-refractivity contribution in [1.29, 1.82) is 0 Å². The fourth-order valence-electron chi connectivity index (χ4n) is 3.15. The number of carboxylic acid groups (broad SMARTS) is 1. The van der Waals surface area contributed by atoms with Gasteiger partial charge in [0.05, 0.1) is 29.3 Å². The zero-order valence-corrected chi connectivity index (χ0v) is 12.9. The molecule has 1 unspecified atom stereocenters. The summed E-state index contributed by atoms with van der Waals surface area (Å²) in [5.41, 5.74) is 0. The second kappa shape index (κ2) is 5.38. The lowest BCUT2D eigenvalue weighted by Gasteiger charge is -2.38. The highest BCUT2D eigenvalue weighted by Gasteiger charge is 2.63. The molecule has 10 heteroatoms. The fraction of sp³-hybridized carbons (Fsp3) is 0.500. The van der Waals surface area contributed by atoms with Crippen LogP contribution in [-0.4, -0.2) is 75.7 Å². The number of carbonyl (C=O) groups is 2. The third kappa shape index (κ3) is 2.02. The first kappa shape index (κ1) is 18.1.